The van der Waals surface area contributed by atoms with E-state index in [9.17, 15) is 9.90 Å². The molecule has 0 aliphatic carbocycles. The first-order valence-electron chi connectivity index (χ1n) is 4.87. The molecule has 2 rings (SSSR count). The predicted molar refractivity (Wildman–Crippen MR) is 58.0 cm³/mol. The number of anilines is 1. The molecule has 0 bridgehead atoms. The number of aromatic amines is 1. The molecule has 2 aromatic rings. The Balaban J connectivity index is 2.79. The van der Waals surface area contributed by atoms with Crippen LogP contribution in [-0.2, 0) is 6.42 Å². The van der Waals surface area contributed by atoms with E-state index >= 15 is 0 Å². The highest BCUT2D eigenvalue weighted by atomic mass is 16.3. The van der Waals surface area contributed by atoms with Crippen LogP contribution in [0.3, 0.4) is 0 Å². The molecule has 0 aliphatic heterocycles. The van der Waals surface area contributed by atoms with E-state index in [4.69, 9.17) is 5.73 Å². The van der Waals surface area contributed by atoms with E-state index in [2.05, 4.69) is 19.9 Å². The van der Waals surface area contributed by atoms with Crippen LogP contribution in [-0.4, -0.2) is 25.0 Å². The van der Waals surface area contributed by atoms with Crippen LogP contribution >= 0.6 is 0 Å². The lowest BCUT2D eigenvalue weighted by atomic mass is 10.2. The zero-order valence-electron chi connectivity index (χ0n) is 8.69. The summed E-state index contributed by atoms with van der Waals surface area (Å²) in [7, 11) is 0. The summed E-state index contributed by atoms with van der Waals surface area (Å²) < 4.78 is 0. The molecule has 0 saturated carbocycles. The fourth-order valence-corrected chi connectivity index (χ4v) is 1.46. The third-order valence-electron chi connectivity index (χ3n) is 2.11. The Morgan fingerprint density at radius 3 is 2.81 bits per heavy atom. The van der Waals surface area contributed by atoms with Crippen LogP contribution < -0.4 is 11.3 Å². The van der Waals surface area contributed by atoms with Crippen LogP contribution in [0.5, 0.6) is 5.88 Å². The lowest BCUT2D eigenvalue weighted by Crippen LogP contribution is -2.11. The van der Waals surface area contributed by atoms with Crippen LogP contribution in [0.25, 0.3) is 11.2 Å². The van der Waals surface area contributed by atoms with E-state index < -0.39 is 11.4 Å². The number of aromatic hydroxyl groups is 1. The molecule has 0 spiro atoms. The second-order valence-corrected chi connectivity index (χ2v) is 3.37. The fourth-order valence-electron chi connectivity index (χ4n) is 1.46. The van der Waals surface area contributed by atoms with Gasteiger partial charge in [0.25, 0.3) is 5.88 Å². The number of hydrogen-bond acceptors (Lipinski definition) is 6. The van der Waals surface area contributed by atoms with Gasteiger partial charge in [-0.05, 0) is 6.42 Å². The van der Waals surface area contributed by atoms with Gasteiger partial charge in [-0.1, -0.05) is 13.3 Å². The Morgan fingerprint density at radius 1 is 1.38 bits per heavy atom. The summed E-state index contributed by atoms with van der Waals surface area (Å²) in [5.41, 5.74) is 6.07. The largest absolute Gasteiger partial charge is 0.489 e. The topological polar surface area (TPSA) is 118 Å². The zero-order chi connectivity index (χ0) is 11.7. The normalized spacial score (nSPS) is 10.8. The number of aromatic nitrogens is 4. The SMILES string of the molecule is CCCc1nc(N)nc2[nH]c(=O)c(O)nc12. The number of nitrogen functional groups attached to an aromatic ring is 1. The van der Waals surface area contributed by atoms with Crippen molar-refractivity contribution in [3.05, 3.63) is 16.0 Å². The van der Waals surface area contributed by atoms with Gasteiger partial charge in [0, 0.05) is 0 Å². The molecular weight excluding hydrogens is 210 g/mol. The first kappa shape index (κ1) is 10.3. The minimum atomic E-state index is -0.687. The number of rotatable bonds is 2. The molecule has 0 unspecified atom stereocenters. The third-order valence-corrected chi connectivity index (χ3v) is 2.11. The minimum absolute atomic E-state index is 0.0825. The second kappa shape index (κ2) is 3.76. The Bertz CT molecular complexity index is 592. The molecule has 0 aromatic carbocycles. The first-order chi connectivity index (χ1) is 7.61. The van der Waals surface area contributed by atoms with Crippen molar-refractivity contribution in [2.45, 2.75) is 19.8 Å². The minimum Gasteiger partial charge on any atom is -0.489 e. The molecule has 2 aromatic heterocycles. The van der Waals surface area contributed by atoms with E-state index in [0.29, 0.717) is 17.6 Å². The van der Waals surface area contributed by atoms with Gasteiger partial charge in [0.1, 0.15) is 5.52 Å². The summed E-state index contributed by atoms with van der Waals surface area (Å²) in [4.78, 5) is 25.2. The average Bonchev–Trinajstić information content (AvgIpc) is 2.21. The Hall–Kier alpha value is -2.18. The maximum atomic E-state index is 11.1. The molecule has 7 nitrogen and oxygen atoms in total. The van der Waals surface area contributed by atoms with Crippen LogP contribution in [0.15, 0.2) is 4.79 Å². The number of nitrogens with two attached hydrogens (primary N) is 1. The fraction of sp³-hybridized carbons (Fsp3) is 0.333. The van der Waals surface area contributed by atoms with Crippen LogP contribution in [0.2, 0.25) is 0 Å². The number of hydrogen-bond donors (Lipinski definition) is 3. The third kappa shape index (κ3) is 1.67. The number of nitrogens with zero attached hydrogens (tertiary/aromatic N) is 3. The lowest BCUT2D eigenvalue weighted by Gasteiger charge is -2.04. The van der Waals surface area contributed by atoms with Gasteiger partial charge >= 0.3 is 5.56 Å². The van der Waals surface area contributed by atoms with Crippen molar-refractivity contribution in [2.75, 3.05) is 5.73 Å². The molecule has 0 atom stereocenters. The van der Waals surface area contributed by atoms with E-state index in [1.54, 1.807) is 0 Å². The van der Waals surface area contributed by atoms with Crippen molar-refractivity contribution >= 4 is 17.1 Å². The van der Waals surface area contributed by atoms with Gasteiger partial charge in [0.05, 0.1) is 5.69 Å². The standard InChI is InChI=1S/C9H11N5O2/c1-2-3-4-5-6(14-9(10)11-4)13-8(16)7(15)12-5/h2-3H2,1H3,(H,12,15)(H3,10,11,13,14,16). The highest BCUT2D eigenvalue weighted by molar-refractivity contribution is 5.73. The molecular formula is C9H11N5O2. The summed E-state index contributed by atoms with van der Waals surface area (Å²) in [5, 5.41) is 9.24. The van der Waals surface area contributed by atoms with Crippen LogP contribution in [0, 0.1) is 0 Å². The lowest BCUT2D eigenvalue weighted by molar-refractivity contribution is 0.446. The molecule has 7 heteroatoms. The summed E-state index contributed by atoms with van der Waals surface area (Å²) in [5.74, 6) is -0.502. The zero-order valence-corrected chi connectivity index (χ0v) is 8.69. The van der Waals surface area contributed by atoms with Crippen molar-refractivity contribution in [2.24, 2.45) is 0 Å². The number of fused-ring (bicyclic) bond motifs is 1. The smallest absolute Gasteiger partial charge is 0.312 e. The molecule has 84 valence electrons. The first-order valence-corrected chi connectivity index (χ1v) is 4.87. The maximum Gasteiger partial charge on any atom is 0.312 e. The van der Waals surface area contributed by atoms with Crippen LogP contribution in [0.4, 0.5) is 5.95 Å². The highest BCUT2D eigenvalue weighted by Crippen LogP contribution is 2.14. The van der Waals surface area contributed by atoms with Crippen molar-refractivity contribution in [3.8, 4) is 5.88 Å². The van der Waals surface area contributed by atoms with E-state index in [1.165, 1.54) is 0 Å². The average molecular weight is 221 g/mol. The Labute approximate surface area is 90.4 Å². The number of H-pyrrole nitrogens is 1. The molecule has 0 aliphatic rings. The quantitative estimate of drug-likeness (QED) is 0.654. The summed E-state index contributed by atoms with van der Waals surface area (Å²) >= 11 is 0. The van der Waals surface area contributed by atoms with Crippen molar-refractivity contribution < 1.29 is 5.11 Å². The van der Waals surface area contributed by atoms with Gasteiger partial charge in [0.2, 0.25) is 5.95 Å². The number of nitrogens with one attached hydrogen (secondary N) is 1. The molecule has 2 heterocycles. The van der Waals surface area contributed by atoms with Crippen molar-refractivity contribution in [1.82, 2.24) is 19.9 Å². The van der Waals surface area contributed by atoms with Crippen molar-refractivity contribution in [3.63, 3.8) is 0 Å². The van der Waals surface area contributed by atoms with Crippen molar-refractivity contribution in [1.29, 1.82) is 0 Å². The Morgan fingerprint density at radius 2 is 2.12 bits per heavy atom. The maximum absolute atomic E-state index is 11.1. The number of aryl methyl sites for hydroxylation is 1. The van der Waals surface area contributed by atoms with Gasteiger partial charge in [-0.25, -0.2) is 9.97 Å². The van der Waals surface area contributed by atoms with Gasteiger partial charge in [-0.15, -0.1) is 0 Å². The Kier molecular flexibility index (Phi) is 2.43. The van der Waals surface area contributed by atoms with Gasteiger partial charge in [-0.2, -0.15) is 4.98 Å². The monoisotopic (exact) mass is 221 g/mol. The van der Waals surface area contributed by atoms with Gasteiger partial charge in [-0.3, -0.25) is 4.79 Å². The predicted octanol–water partition coefficient (Wildman–Crippen LogP) is -0.0466. The van der Waals surface area contributed by atoms with E-state index in [-0.39, 0.29) is 11.6 Å². The molecule has 4 N–H and O–H groups in total. The van der Waals surface area contributed by atoms with Gasteiger partial charge < -0.3 is 15.8 Å². The van der Waals surface area contributed by atoms with Gasteiger partial charge in [0.15, 0.2) is 5.65 Å². The highest BCUT2D eigenvalue weighted by Gasteiger charge is 2.10. The van der Waals surface area contributed by atoms with E-state index in [1.807, 2.05) is 6.92 Å². The molecule has 0 amide bonds. The second-order valence-electron chi connectivity index (χ2n) is 3.37. The molecule has 0 radical (unpaired) electrons. The van der Waals surface area contributed by atoms with Crippen LogP contribution in [0.1, 0.15) is 19.0 Å². The molecule has 0 saturated heterocycles. The summed E-state index contributed by atoms with van der Waals surface area (Å²) in [6.07, 6.45) is 1.51. The molecule has 0 fully saturated rings. The van der Waals surface area contributed by atoms with E-state index in [0.717, 1.165) is 6.42 Å². The molecule has 16 heavy (non-hydrogen) atoms. The summed E-state index contributed by atoms with van der Waals surface area (Å²) in [6, 6.07) is 0. The summed E-state index contributed by atoms with van der Waals surface area (Å²) in [6.45, 7) is 1.98.